The summed E-state index contributed by atoms with van der Waals surface area (Å²) in [5.41, 5.74) is 1.01. The molecule has 0 aliphatic carbocycles. The lowest BCUT2D eigenvalue weighted by atomic mass is 10.2. The zero-order valence-electron chi connectivity index (χ0n) is 15.8. The standard InChI is InChI=1S/C19H22N4O3S2/c1-13-18(14(2)21-20-13)28(25,26)23-9-5-8-22(10-11-23)19(24)17-12-15-6-3-4-7-16(15)27-17/h3-4,6-7,12H,5,8-11H2,1-2H3,(H,20,21). The van der Waals surface area contributed by atoms with Gasteiger partial charge in [0.25, 0.3) is 5.91 Å². The van der Waals surface area contributed by atoms with Crippen molar-refractivity contribution in [2.45, 2.75) is 25.2 Å². The Labute approximate surface area is 168 Å². The second-order valence-electron chi connectivity index (χ2n) is 6.96. The van der Waals surface area contributed by atoms with Crippen LogP contribution in [0.4, 0.5) is 0 Å². The number of hydrogen-bond acceptors (Lipinski definition) is 5. The first-order valence-electron chi connectivity index (χ1n) is 9.17. The maximum absolute atomic E-state index is 13.1. The second-order valence-corrected chi connectivity index (χ2v) is 9.92. The van der Waals surface area contributed by atoms with Crippen LogP contribution >= 0.6 is 11.3 Å². The number of carbonyl (C=O) groups excluding carboxylic acids is 1. The third-order valence-corrected chi connectivity index (χ3v) is 8.30. The Morgan fingerprint density at radius 2 is 1.93 bits per heavy atom. The number of fused-ring (bicyclic) bond motifs is 1. The summed E-state index contributed by atoms with van der Waals surface area (Å²) in [4.78, 5) is 15.7. The normalized spacial score (nSPS) is 16.4. The molecular formula is C19H22N4O3S2. The van der Waals surface area contributed by atoms with E-state index in [2.05, 4.69) is 10.2 Å². The minimum absolute atomic E-state index is 0.0314. The van der Waals surface area contributed by atoms with E-state index < -0.39 is 10.0 Å². The molecule has 2 aromatic heterocycles. The van der Waals surface area contributed by atoms with Crippen molar-refractivity contribution >= 4 is 37.4 Å². The van der Waals surface area contributed by atoms with Gasteiger partial charge in [0, 0.05) is 30.9 Å². The van der Waals surface area contributed by atoms with E-state index in [4.69, 9.17) is 0 Å². The minimum Gasteiger partial charge on any atom is -0.337 e. The number of nitrogens with zero attached hydrogens (tertiary/aromatic N) is 3. The lowest BCUT2D eigenvalue weighted by molar-refractivity contribution is 0.0769. The van der Waals surface area contributed by atoms with Crippen LogP contribution in [0, 0.1) is 13.8 Å². The van der Waals surface area contributed by atoms with Gasteiger partial charge in [-0.15, -0.1) is 11.3 Å². The molecule has 4 rings (SSSR count). The van der Waals surface area contributed by atoms with Crippen LogP contribution in [0.3, 0.4) is 0 Å². The summed E-state index contributed by atoms with van der Waals surface area (Å²) in [6.45, 7) is 4.99. The molecule has 148 valence electrons. The molecule has 1 fully saturated rings. The van der Waals surface area contributed by atoms with Gasteiger partial charge in [0.05, 0.1) is 16.3 Å². The molecule has 9 heteroatoms. The van der Waals surface area contributed by atoms with Crippen molar-refractivity contribution in [3.05, 3.63) is 46.6 Å². The van der Waals surface area contributed by atoms with Crippen LogP contribution < -0.4 is 0 Å². The van der Waals surface area contributed by atoms with Crippen LogP contribution in [0.5, 0.6) is 0 Å². The average Bonchev–Trinajstić information content (AvgIpc) is 3.14. The highest BCUT2D eigenvalue weighted by Crippen LogP contribution is 2.27. The van der Waals surface area contributed by atoms with Crippen LogP contribution in [0.2, 0.25) is 0 Å². The van der Waals surface area contributed by atoms with Gasteiger partial charge in [-0.2, -0.15) is 9.40 Å². The van der Waals surface area contributed by atoms with Crippen molar-refractivity contribution in [2.75, 3.05) is 26.2 Å². The van der Waals surface area contributed by atoms with Crippen molar-refractivity contribution in [1.29, 1.82) is 0 Å². The molecule has 0 atom stereocenters. The first-order valence-corrected chi connectivity index (χ1v) is 11.4. The van der Waals surface area contributed by atoms with Gasteiger partial charge in [0.1, 0.15) is 4.90 Å². The largest absolute Gasteiger partial charge is 0.337 e. The van der Waals surface area contributed by atoms with E-state index in [1.165, 1.54) is 15.6 Å². The van der Waals surface area contributed by atoms with Gasteiger partial charge in [-0.05, 0) is 37.8 Å². The van der Waals surface area contributed by atoms with E-state index in [0.29, 0.717) is 42.3 Å². The molecule has 3 aromatic rings. The van der Waals surface area contributed by atoms with Gasteiger partial charge in [0.15, 0.2) is 0 Å². The molecule has 28 heavy (non-hydrogen) atoms. The molecule has 1 aliphatic rings. The predicted molar refractivity (Wildman–Crippen MR) is 109 cm³/mol. The van der Waals surface area contributed by atoms with Crippen molar-refractivity contribution < 1.29 is 13.2 Å². The number of aromatic nitrogens is 2. The van der Waals surface area contributed by atoms with E-state index in [1.54, 1.807) is 18.7 Å². The number of sulfonamides is 1. The topological polar surface area (TPSA) is 86.4 Å². The number of thiophene rings is 1. The number of carbonyl (C=O) groups is 1. The Kier molecular flexibility index (Phi) is 4.98. The molecule has 0 unspecified atom stereocenters. The summed E-state index contributed by atoms with van der Waals surface area (Å²) in [5.74, 6) is -0.0314. The van der Waals surface area contributed by atoms with E-state index in [-0.39, 0.29) is 17.3 Å². The molecule has 0 spiro atoms. The number of aromatic amines is 1. The van der Waals surface area contributed by atoms with E-state index in [0.717, 1.165) is 10.1 Å². The quantitative estimate of drug-likeness (QED) is 0.709. The van der Waals surface area contributed by atoms with Crippen LogP contribution in [0.1, 0.15) is 27.5 Å². The number of benzene rings is 1. The highest BCUT2D eigenvalue weighted by atomic mass is 32.2. The molecule has 7 nitrogen and oxygen atoms in total. The zero-order chi connectivity index (χ0) is 19.9. The van der Waals surface area contributed by atoms with Gasteiger partial charge in [-0.25, -0.2) is 8.42 Å². The monoisotopic (exact) mass is 418 g/mol. The summed E-state index contributed by atoms with van der Waals surface area (Å²) < 4.78 is 28.7. The van der Waals surface area contributed by atoms with E-state index in [1.807, 2.05) is 30.3 Å². The predicted octanol–water partition coefficient (Wildman–Crippen LogP) is 2.78. The molecule has 0 saturated carbocycles. The number of aryl methyl sites for hydroxylation is 2. The Hall–Kier alpha value is -2.23. The van der Waals surface area contributed by atoms with Crippen LogP contribution in [0.15, 0.2) is 35.2 Å². The van der Waals surface area contributed by atoms with Gasteiger partial charge in [0.2, 0.25) is 10.0 Å². The lowest BCUT2D eigenvalue weighted by Crippen LogP contribution is -2.37. The fourth-order valence-electron chi connectivity index (χ4n) is 3.63. The number of amides is 1. The maximum atomic E-state index is 13.1. The van der Waals surface area contributed by atoms with Crippen molar-refractivity contribution in [3.8, 4) is 0 Å². The fraction of sp³-hybridized carbons (Fsp3) is 0.368. The van der Waals surface area contributed by atoms with E-state index >= 15 is 0 Å². The van der Waals surface area contributed by atoms with Crippen molar-refractivity contribution in [3.63, 3.8) is 0 Å². The SMILES string of the molecule is Cc1n[nH]c(C)c1S(=O)(=O)N1CCCN(C(=O)c2cc3ccccc3s2)CC1. The molecule has 1 aliphatic heterocycles. The summed E-state index contributed by atoms with van der Waals surface area (Å²) in [5, 5.41) is 7.81. The van der Waals surface area contributed by atoms with Crippen LogP contribution in [0.25, 0.3) is 10.1 Å². The first-order chi connectivity index (χ1) is 13.4. The highest BCUT2D eigenvalue weighted by molar-refractivity contribution is 7.89. The lowest BCUT2D eigenvalue weighted by Gasteiger charge is -2.21. The molecule has 1 N–H and O–H groups in total. The van der Waals surface area contributed by atoms with Crippen molar-refractivity contribution in [2.24, 2.45) is 0 Å². The van der Waals surface area contributed by atoms with Crippen LogP contribution in [-0.4, -0.2) is 59.9 Å². The Balaban J connectivity index is 1.53. The third kappa shape index (κ3) is 3.34. The summed E-state index contributed by atoms with van der Waals surface area (Å²) in [6, 6.07) is 9.83. The maximum Gasteiger partial charge on any atom is 0.264 e. The van der Waals surface area contributed by atoms with E-state index in [9.17, 15) is 13.2 Å². The molecule has 1 amide bonds. The molecule has 0 radical (unpaired) electrons. The second kappa shape index (κ2) is 7.31. The fourth-order valence-corrected chi connectivity index (χ4v) is 6.46. The van der Waals surface area contributed by atoms with Gasteiger partial charge >= 0.3 is 0 Å². The Bertz CT molecular complexity index is 1080. The molecule has 1 aromatic carbocycles. The number of nitrogens with one attached hydrogen (secondary N) is 1. The smallest absolute Gasteiger partial charge is 0.264 e. The van der Waals surface area contributed by atoms with Crippen LogP contribution in [-0.2, 0) is 10.0 Å². The minimum atomic E-state index is -3.63. The van der Waals surface area contributed by atoms with Gasteiger partial charge in [-0.1, -0.05) is 18.2 Å². The summed E-state index contributed by atoms with van der Waals surface area (Å²) in [6.07, 6.45) is 0.603. The molecule has 1 saturated heterocycles. The Morgan fingerprint density at radius 1 is 1.14 bits per heavy atom. The Morgan fingerprint density at radius 3 is 2.64 bits per heavy atom. The number of hydrogen-bond donors (Lipinski definition) is 1. The van der Waals surface area contributed by atoms with Gasteiger partial charge in [-0.3, -0.25) is 9.89 Å². The molecule has 0 bridgehead atoms. The molecular weight excluding hydrogens is 396 g/mol. The summed E-state index contributed by atoms with van der Waals surface area (Å²) >= 11 is 1.48. The highest BCUT2D eigenvalue weighted by Gasteiger charge is 2.32. The average molecular weight is 419 g/mol. The third-order valence-electron chi connectivity index (χ3n) is 5.04. The summed E-state index contributed by atoms with van der Waals surface area (Å²) in [7, 11) is -3.63. The first kappa shape index (κ1) is 19.1. The van der Waals surface area contributed by atoms with Gasteiger partial charge < -0.3 is 4.90 Å². The zero-order valence-corrected chi connectivity index (χ0v) is 17.4. The van der Waals surface area contributed by atoms with Crippen molar-refractivity contribution in [1.82, 2.24) is 19.4 Å². The molecule has 3 heterocycles. The number of rotatable bonds is 3. The number of H-pyrrole nitrogens is 1.